The molecule has 2 aliphatic heterocycles. The van der Waals surface area contributed by atoms with Crippen molar-refractivity contribution < 1.29 is 51.9 Å². The molecule has 241 valence electrons. The number of hydrogen-bond acceptors (Lipinski definition) is 6. The van der Waals surface area contributed by atoms with Crippen LogP contribution in [0.1, 0.15) is 0 Å². The van der Waals surface area contributed by atoms with E-state index in [0.717, 1.165) is 48.5 Å². The zero-order valence-electron chi connectivity index (χ0n) is 23.6. The van der Waals surface area contributed by atoms with Crippen molar-refractivity contribution in [3.8, 4) is 45.6 Å². The van der Waals surface area contributed by atoms with E-state index in [2.05, 4.69) is 39.9 Å². The summed E-state index contributed by atoms with van der Waals surface area (Å²) in [4.78, 5) is 34.6. The Morgan fingerprint density at radius 2 is 0.510 bits per heavy atom. The van der Waals surface area contributed by atoms with Crippen molar-refractivity contribution in [1.82, 2.24) is 39.9 Å². The van der Waals surface area contributed by atoms with Crippen molar-refractivity contribution >= 4 is 44.1 Å². The maximum atomic E-state index is 14.5. The number of aromatic nitrogens is 8. The fourth-order valence-electron chi connectivity index (χ4n) is 5.63. The van der Waals surface area contributed by atoms with Gasteiger partial charge in [-0.15, -0.1) is 0 Å². The first kappa shape index (κ1) is 30.5. The summed E-state index contributed by atoms with van der Waals surface area (Å²) in [5.41, 5.74) is -1.40. The van der Waals surface area contributed by atoms with Gasteiger partial charge in [0.1, 0.15) is 0 Å². The number of benzene rings is 4. The van der Waals surface area contributed by atoms with Crippen LogP contribution in [0.3, 0.4) is 0 Å². The molecule has 9 rings (SSSR count). The Kier molecular flexibility index (Phi) is 6.60. The Morgan fingerprint density at radius 3 is 0.735 bits per heavy atom. The van der Waals surface area contributed by atoms with E-state index >= 15 is 0 Å². The first-order chi connectivity index (χ1) is 23.0. The SMILES string of the molecule is Fc1cc2c(cc1F)-c1nc-2nc2[n-]c(nc3nc(nc4[n-]c(n1)c1cc(F)c(F)cc41)-c1cc(F)c(F)cc1-3)c1cc(F)c(F)cc21.[Co+2]. The quantitative estimate of drug-likeness (QED) is 0.152. The van der Waals surface area contributed by atoms with E-state index in [1.807, 2.05) is 0 Å². The van der Waals surface area contributed by atoms with E-state index in [9.17, 15) is 35.1 Å². The molecule has 0 N–H and O–H groups in total. The molecular weight excluding hydrogens is 707 g/mol. The van der Waals surface area contributed by atoms with Crippen LogP contribution in [0.25, 0.3) is 89.7 Å². The van der Waals surface area contributed by atoms with Gasteiger partial charge in [-0.05, 0) is 70.1 Å². The van der Waals surface area contributed by atoms with Gasteiger partial charge in [0.05, 0.1) is 23.3 Å². The Morgan fingerprint density at radius 1 is 0.306 bits per heavy atom. The fraction of sp³-hybridized carbons (Fsp3) is 0. The van der Waals surface area contributed by atoms with Crippen molar-refractivity contribution in [1.29, 1.82) is 0 Å². The Balaban J connectivity index is 0.00000348. The third-order valence-corrected chi connectivity index (χ3v) is 7.86. The fourth-order valence-corrected chi connectivity index (χ4v) is 5.63. The number of nitrogens with zero attached hydrogens (tertiary/aromatic N) is 8. The molecular formula is C32H8CoF8N8. The van der Waals surface area contributed by atoms with Crippen molar-refractivity contribution in [2.75, 3.05) is 0 Å². The molecule has 49 heavy (non-hydrogen) atoms. The molecule has 5 heterocycles. The monoisotopic (exact) mass is 715 g/mol. The first-order valence-electron chi connectivity index (χ1n) is 13.7. The minimum Gasteiger partial charge on any atom is -0.357 e. The molecule has 17 heteroatoms. The predicted octanol–water partition coefficient (Wildman–Crippen LogP) is 7.24. The topological polar surface area (TPSA) is 106 Å². The summed E-state index contributed by atoms with van der Waals surface area (Å²) >= 11 is 0. The van der Waals surface area contributed by atoms with E-state index in [1.54, 1.807) is 0 Å². The van der Waals surface area contributed by atoms with Crippen LogP contribution < -0.4 is 9.97 Å². The average Bonchev–Trinajstić information content (AvgIpc) is 3.74. The molecule has 0 atom stereocenters. The summed E-state index contributed by atoms with van der Waals surface area (Å²) in [5, 5.41) is -0.287. The molecule has 0 amide bonds. The summed E-state index contributed by atoms with van der Waals surface area (Å²) in [6.45, 7) is 0. The molecule has 0 aliphatic carbocycles. The summed E-state index contributed by atoms with van der Waals surface area (Å²) in [6, 6.07) is 6.35. The molecule has 3 aromatic heterocycles. The van der Waals surface area contributed by atoms with Crippen LogP contribution in [-0.4, -0.2) is 29.9 Å². The van der Waals surface area contributed by atoms with Gasteiger partial charge >= 0.3 is 16.8 Å². The molecule has 0 fully saturated rings. The van der Waals surface area contributed by atoms with Gasteiger partial charge in [0.15, 0.2) is 46.5 Å². The van der Waals surface area contributed by atoms with Crippen molar-refractivity contribution in [2.45, 2.75) is 0 Å². The van der Waals surface area contributed by atoms with E-state index < -0.39 is 46.5 Å². The molecule has 0 saturated heterocycles. The molecule has 4 aromatic carbocycles. The van der Waals surface area contributed by atoms with Gasteiger partial charge in [-0.2, -0.15) is 0 Å². The van der Waals surface area contributed by atoms with Gasteiger partial charge in [0.25, 0.3) is 0 Å². The average molecular weight is 715 g/mol. The minimum absolute atomic E-state index is 0. The Bertz CT molecular complexity index is 2430. The maximum absolute atomic E-state index is 14.5. The van der Waals surface area contributed by atoms with Crippen LogP contribution in [0.4, 0.5) is 35.1 Å². The number of halogens is 8. The van der Waals surface area contributed by atoms with E-state index in [1.165, 1.54) is 0 Å². The number of fused-ring (bicyclic) bond motifs is 20. The minimum atomic E-state index is -1.27. The summed E-state index contributed by atoms with van der Waals surface area (Å²) in [6.07, 6.45) is 0. The molecule has 1 radical (unpaired) electrons. The third-order valence-electron chi connectivity index (χ3n) is 7.86. The second kappa shape index (κ2) is 10.6. The largest absolute Gasteiger partial charge is 2.00 e. The number of hydrogen-bond donors (Lipinski definition) is 0. The van der Waals surface area contributed by atoms with Crippen LogP contribution >= 0.6 is 0 Å². The zero-order valence-corrected chi connectivity index (χ0v) is 24.6. The second-order valence-corrected chi connectivity index (χ2v) is 10.7. The molecule has 0 unspecified atom stereocenters. The summed E-state index contributed by atoms with van der Waals surface area (Å²) < 4.78 is 116. The molecule has 8 bridgehead atoms. The van der Waals surface area contributed by atoms with Gasteiger partial charge in [-0.3, -0.25) is 0 Å². The van der Waals surface area contributed by atoms with Crippen LogP contribution in [0.15, 0.2) is 48.5 Å². The Hall–Kier alpha value is -5.81. The molecule has 0 spiro atoms. The summed E-state index contributed by atoms with van der Waals surface area (Å²) in [5.74, 6) is -11.2. The maximum Gasteiger partial charge on any atom is 2.00 e. The standard InChI is InChI=1S/C32H8F8N8.Co/c33-17-1-9-10(2-18(17)34)26-41-25(9)45-27-11-3-19(35)20(36)4-12(11)29(42-27)47-31-15-7-23(39)24(40)8-16(15)32(44-31)48-30-14-6-22(38)21(37)5-13(14)28(43-30)46-26;/h1-8H;/q-2;+2. The van der Waals surface area contributed by atoms with E-state index in [0.29, 0.717) is 0 Å². The van der Waals surface area contributed by atoms with Crippen LogP contribution in [0.5, 0.6) is 0 Å². The molecule has 8 nitrogen and oxygen atoms in total. The summed E-state index contributed by atoms with van der Waals surface area (Å²) in [7, 11) is 0. The van der Waals surface area contributed by atoms with Gasteiger partial charge < -0.3 is 29.9 Å². The smallest absolute Gasteiger partial charge is 0.357 e. The van der Waals surface area contributed by atoms with Crippen LogP contribution in [0.2, 0.25) is 0 Å². The van der Waals surface area contributed by atoms with E-state index in [-0.39, 0.29) is 106 Å². The van der Waals surface area contributed by atoms with Crippen molar-refractivity contribution in [3.63, 3.8) is 0 Å². The van der Waals surface area contributed by atoms with Crippen LogP contribution in [-0.2, 0) is 16.8 Å². The molecule has 0 saturated carbocycles. The Labute approximate surface area is 276 Å². The molecule has 2 aliphatic rings. The third kappa shape index (κ3) is 4.56. The van der Waals surface area contributed by atoms with Gasteiger partial charge in [0, 0.05) is 44.8 Å². The van der Waals surface area contributed by atoms with Gasteiger partial charge in [-0.25, -0.2) is 45.1 Å². The van der Waals surface area contributed by atoms with Crippen molar-refractivity contribution in [2.24, 2.45) is 0 Å². The second-order valence-electron chi connectivity index (χ2n) is 10.7. The predicted molar refractivity (Wildman–Crippen MR) is 154 cm³/mol. The van der Waals surface area contributed by atoms with Gasteiger partial charge in [-0.1, -0.05) is 0 Å². The molecule has 7 aromatic rings. The van der Waals surface area contributed by atoms with Crippen LogP contribution in [0, 0.1) is 46.5 Å². The van der Waals surface area contributed by atoms with Gasteiger partial charge in [0.2, 0.25) is 0 Å². The zero-order chi connectivity index (χ0) is 33.2. The van der Waals surface area contributed by atoms with E-state index in [4.69, 9.17) is 0 Å². The number of rotatable bonds is 0. The normalized spacial score (nSPS) is 11.9. The first-order valence-corrected chi connectivity index (χ1v) is 13.7. The van der Waals surface area contributed by atoms with Crippen molar-refractivity contribution in [3.05, 3.63) is 95.1 Å².